The lowest BCUT2D eigenvalue weighted by molar-refractivity contribution is 0.0694. The van der Waals surface area contributed by atoms with Crippen LogP contribution in [0.15, 0.2) is 36.7 Å². The molecule has 0 saturated carbocycles. The molecule has 0 spiro atoms. The molecule has 0 aliphatic heterocycles. The SMILES string of the molecule is Cc1ccc(Cl)c(Oc2cnccc2C(=O)O)c1. The minimum Gasteiger partial charge on any atom is -0.478 e. The molecule has 0 atom stereocenters. The molecule has 1 aromatic carbocycles. The second-order valence-corrected chi connectivity index (χ2v) is 4.12. The maximum atomic E-state index is 11.0. The van der Waals surface area contributed by atoms with E-state index in [0.717, 1.165) is 5.56 Å². The molecule has 0 bridgehead atoms. The number of carboxylic acids is 1. The Morgan fingerprint density at radius 1 is 1.33 bits per heavy atom. The van der Waals surface area contributed by atoms with Gasteiger partial charge in [0, 0.05) is 6.20 Å². The Bertz CT molecular complexity index is 599. The van der Waals surface area contributed by atoms with Crippen molar-refractivity contribution in [2.75, 3.05) is 0 Å². The number of rotatable bonds is 3. The zero-order valence-corrected chi connectivity index (χ0v) is 10.3. The number of carbonyl (C=O) groups is 1. The second kappa shape index (κ2) is 5.06. The molecule has 2 aromatic rings. The molecule has 1 N–H and O–H groups in total. The number of hydrogen-bond donors (Lipinski definition) is 1. The monoisotopic (exact) mass is 263 g/mol. The predicted octanol–water partition coefficient (Wildman–Crippen LogP) is 3.53. The average molecular weight is 264 g/mol. The van der Waals surface area contributed by atoms with Gasteiger partial charge in [0.15, 0.2) is 5.75 Å². The van der Waals surface area contributed by atoms with Crippen molar-refractivity contribution in [3.63, 3.8) is 0 Å². The van der Waals surface area contributed by atoms with Crippen molar-refractivity contribution in [1.82, 2.24) is 4.98 Å². The molecule has 2 rings (SSSR count). The normalized spacial score (nSPS) is 10.1. The van der Waals surface area contributed by atoms with Crippen LogP contribution >= 0.6 is 11.6 Å². The van der Waals surface area contributed by atoms with Crippen molar-refractivity contribution in [3.05, 3.63) is 52.8 Å². The van der Waals surface area contributed by atoms with Gasteiger partial charge >= 0.3 is 5.97 Å². The number of hydrogen-bond acceptors (Lipinski definition) is 3. The Morgan fingerprint density at radius 2 is 2.11 bits per heavy atom. The van der Waals surface area contributed by atoms with Gasteiger partial charge in [-0.15, -0.1) is 0 Å². The minimum atomic E-state index is -1.07. The molecule has 5 heteroatoms. The first-order chi connectivity index (χ1) is 8.58. The van der Waals surface area contributed by atoms with Gasteiger partial charge in [-0.1, -0.05) is 17.7 Å². The van der Waals surface area contributed by atoms with E-state index < -0.39 is 5.97 Å². The minimum absolute atomic E-state index is 0.0440. The van der Waals surface area contributed by atoms with Crippen LogP contribution in [0.25, 0.3) is 0 Å². The molecular weight excluding hydrogens is 254 g/mol. The van der Waals surface area contributed by atoms with Crippen LogP contribution in [-0.2, 0) is 0 Å². The predicted molar refractivity (Wildman–Crippen MR) is 67.5 cm³/mol. The zero-order valence-electron chi connectivity index (χ0n) is 9.55. The van der Waals surface area contributed by atoms with E-state index in [1.807, 2.05) is 13.0 Å². The number of ether oxygens (including phenoxy) is 1. The van der Waals surface area contributed by atoms with Gasteiger partial charge in [0.05, 0.1) is 11.2 Å². The summed E-state index contributed by atoms with van der Waals surface area (Å²) in [5, 5.41) is 9.44. The maximum Gasteiger partial charge on any atom is 0.339 e. The Kier molecular flexibility index (Phi) is 3.48. The Labute approximate surface area is 109 Å². The molecule has 0 aliphatic rings. The molecule has 0 saturated heterocycles. The fourth-order valence-corrected chi connectivity index (χ4v) is 1.60. The first-order valence-electron chi connectivity index (χ1n) is 5.19. The Balaban J connectivity index is 2.40. The molecule has 92 valence electrons. The number of halogens is 1. The highest BCUT2D eigenvalue weighted by molar-refractivity contribution is 6.32. The molecule has 0 aliphatic carbocycles. The molecule has 0 unspecified atom stereocenters. The highest BCUT2D eigenvalue weighted by Crippen LogP contribution is 2.31. The van der Waals surface area contributed by atoms with Crippen molar-refractivity contribution in [3.8, 4) is 11.5 Å². The summed E-state index contributed by atoms with van der Waals surface area (Å²) in [6.07, 6.45) is 2.75. The van der Waals surface area contributed by atoms with E-state index in [9.17, 15) is 4.79 Å². The summed E-state index contributed by atoms with van der Waals surface area (Å²) in [7, 11) is 0. The van der Waals surface area contributed by atoms with Crippen LogP contribution in [0.1, 0.15) is 15.9 Å². The lowest BCUT2D eigenvalue weighted by Crippen LogP contribution is -2.00. The van der Waals surface area contributed by atoms with E-state index in [4.69, 9.17) is 21.4 Å². The summed E-state index contributed by atoms with van der Waals surface area (Å²) in [6.45, 7) is 1.89. The number of aryl methyl sites for hydroxylation is 1. The lowest BCUT2D eigenvalue weighted by Gasteiger charge is -2.10. The fourth-order valence-electron chi connectivity index (χ4n) is 1.45. The molecule has 1 aromatic heterocycles. The number of benzene rings is 1. The largest absolute Gasteiger partial charge is 0.478 e. The van der Waals surface area contributed by atoms with E-state index in [0.29, 0.717) is 10.8 Å². The van der Waals surface area contributed by atoms with Gasteiger partial charge in [0.25, 0.3) is 0 Å². The molecular formula is C13H10ClNO3. The summed E-state index contributed by atoms with van der Waals surface area (Å²) in [6, 6.07) is 6.65. The number of carboxylic acid groups (broad SMARTS) is 1. The van der Waals surface area contributed by atoms with Gasteiger partial charge < -0.3 is 9.84 Å². The molecule has 0 amide bonds. The van der Waals surface area contributed by atoms with Crippen LogP contribution in [0.2, 0.25) is 5.02 Å². The standard InChI is InChI=1S/C13H10ClNO3/c1-8-2-3-10(14)11(6-8)18-12-7-15-5-4-9(12)13(16)17/h2-7H,1H3,(H,16,17). The highest BCUT2D eigenvalue weighted by Gasteiger charge is 2.13. The summed E-state index contributed by atoms with van der Waals surface area (Å²) in [4.78, 5) is 14.9. The fraction of sp³-hybridized carbons (Fsp3) is 0.0769. The van der Waals surface area contributed by atoms with Gasteiger partial charge in [-0.05, 0) is 30.7 Å². The van der Waals surface area contributed by atoms with Crippen molar-refractivity contribution in [2.45, 2.75) is 6.92 Å². The van der Waals surface area contributed by atoms with Gasteiger partial charge in [-0.2, -0.15) is 0 Å². The third-order valence-electron chi connectivity index (χ3n) is 2.32. The van der Waals surface area contributed by atoms with Gasteiger partial charge in [0.1, 0.15) is 11.3 Å². The van der Waals surface area contributed by atoms with E-state index in [2.05, 4.69) is 4.98 Å². The summed E-state index contributed by atoms with van der Waals surface area (Å²) < 4.78 is 5.51. The summed E-state index contributed by atoms with van der Waals surface area (Å²) in [5.41, 5.74) is 1.01. The molecule has 4 nitrogen and oxygen atoms in total. The maximum absolute atomic E-state index is 11.0. The van der Waals surface area contributed by atoms with Crippen LogP contribution < -0.4 is 4.74 Å². The molecule has 1 heterocycles. The van der Waals surface area contributed by atoms with Crippen LogP contribution in [0.4, 0.5) is 0 Å². The van der Waals surface area contributed by atoms with Crippen LogP contribution in [0.5, 0.6) is 11.5 Å². The lowest BCUT2D eigenvalue weighted by atomic mass is 10.2. The number of pyridine rings is 1. The van der Waals surface area contributed by atoms with E-state index in [1.165, 1.54) is 18.5 Å². The van der Waals surface area contributed by atoms with Gasteiger partial charge in [0.2, 0.25) is 0 Å². The van der Waals surface area contributed by atoms with Crippen molar-refractivity contribution in [2.24, 2.45) is 0 Å². The second-order valence-electron chi connectivity index (χ2n) is 3.71. The third-order valence-corrected chi connectivity index (χ3v) is 2.63. The van der Waals surface area contributed by atoms with Crippen LogP contribution in [0.3, 0.4) is 0 Å². The number of aromatic carboxylic acids is 1. The quantitative estimate of drug-likeness (QED) is 0.920. The number of nitrogens with zero attached hydrogens (tertiary/aromatic N) is 1. The van der Waals surface area contributed by atoms with Gasteiger partial charge in [-0.25, -0.2) is 4.79 Å². The molecule has 18 heavy (non-hydrogen) atoms. The Morgan fingerprint density at radius 3 is 2.83 bits per heavy atom. The summed E-state index contributed by atoms with van der Waals surface area (Å²) >= 11 is 5.99. The average Bonchev–Trinajstić information content (AvgIpc) is 2.34. The molecule has 0 radical (unpaired) electrons. The first-order valence-corrected chi connectivity index (χ1v) is 5.57. The molecule has 0 fully saturated rings. The smallest absolute Gasteiger partial charge is 0.339 e. The topological polar surface area (TPSA) is 59.4 Å². The van der Waals surface area contributed by atoms with E-state index >= 15 is 0 Å². The third kappa shape index (κ3) is 2.60. The van der Waals surface area contributed by atoms with Crippen molar-refractivity contribution in [1.29, 1.82) is 0 Å². The first kappa shape index (κ1) is 12.4. The highest BCUT2D eigenvalue weighted by atomic mass is 35.5. The van der Waals surface area contributed by atoms with Crippen LogP contribution in [0, 0.1) is 6.92 Å². The van der Waals surface area contributed by atoms with Crippen molar-refractivity contribution < 1.29 is 14.6 Å². The number of aromatic nitrogens is 1. The van der Waals surface area contributed by atoms with Gasteiger partial charge in [-0.3, -0.25) is 4.98 Å². The van der Waals surface area contributed by atoms with E-state index in [1.54, 1.807) is 12.1 Å². The summed E-state index contributed by atoms with van der Waals surface area (Å²) in [5.74, 6) is -0.499. The van der Waals surface area contributed by atoms with Crippen molar-refractivity contribution >= 4 is 17.6 Å². The van der Waals surface area contributed by atoms with Crippen LogP contribution in [-0.4, -0.2) is 16.1 Å². The zero-order chi connectivity index (χ0) is 13.1. The van der Waals surface area contributed by atoms with E-state index in [-0.39, 0.29) is 11.3 Å². The Hall–Kier alpha value is -2.07.